The van der Waals surface area contributed by atoms with E-state index in [0.29, 0.717) is 11.5 Å². The van der Waals surface area contributed by atoms with E-state index in [-0.39, 0.29) is 5.82 Å². The second-order valence-corrected chi connectivity index (χ2v) is 9.20. The topological polar surface area (TPSA) is 30.2 Å². The first-order valence-corrected chi connectivity index (χ1v) is 11.9. The van der Waals surface area contributed by atoms with Crippen LogP contribution in [0, 0.1) is 32.5 Å². The first kappa shape index (κ1) is 22.4. The summed E-state index contributed by atoms with van der Waals surface area (Å²) in [6.07, 6.45) is 14.1. The molecule has 2 heterocycles. The summed E-state index contributed by atoms with van der Waals surface area (Å²) >= 11 is 0. The summed E-state index contributed by atoms with van der Waals surface area (Å²) in [6, 6.07) is 5.20. The number of hydrogen-bond donors (Lipinski definition) is 0. The highest BCUT2D eigenvalue weighted by Gasteiger charge is 2.26. The molecular weight excluding hydrogens is 397 g/mol. The van der Waals surface area contributed by atoms with Crippen LogP contribution in [0.25, 0.3) is 17.3 Å². The second kappa shape index (κ2) is 9.40. The van der Waals surface area contributed by atoms with Crippen molar-refractivity contribution in [3.05, 3.63) is 76.0 Å². The molecule has 3 aromatic rings. The van der Waals surface area contributed by atoms with Crippen LogP contribution in [-0.2, 0) is 0 Å². The van der Waals surface area contributed by atoms with Crippen molar-refractivity contribution in [2.24, 2.45) is 5.92 Å². The molecule has 3 nitrogen and oxygen atoms in total. The lowest BCUT2D eigenvalue weighted by Gasteiger charge is -2.28. The molecular formula is C28H34FN3. The van der Waals surface area contributed by atoms with E-state index in [2.05, 4.69) is 25.9 Å². The van der Waals surface area contributed by atoms with Crippen molar-refractivity contribution in [2.75, 3.05) is 0 Å². The summed E-state index contributed by atoms with van der Waals surface area (Å²) < 4.78 is 16.5. The number of benzene rings is 1. The van der Waals surface area contributed by atoms with Crippen LogP contribution < -0.4 is 0 Å². The minimum atomic E-state index is -0.211. The molecule has 1 aliphatic rings. The number of aromatic nitrogens is 3. The van der Waals surface area contributed by atoms with E-state index in [1.54, 1.807) is 6.07 Å². The molecule has 0 unspecified atom stereocenters. The van der Waals surface area contributed by atoms with Crippen molar-refractivity contribution in [3.8, 4) is 0 Å². The van der Waals surface area contributed by atoms with Gasteiger partial charge in [-0.2, -0.15) is 5.10 Å². The minimum absolute atomic E-state index is 0.211. The maximum absolute atomic E-state index is 14.6. The smallest absolute Gasteiger partial charge is 0.163 e. The molecule has 1 saturated carbocycles. The van der Waals surface area contributed by atoms with Crippen molar-refractivity contribution < 1.29 is 4.39 Å². The maximum Gasteiger partial charge on any atom is 0.163 e. The molecule has 0 bridgehead atoms. The number of aryl methyl sites for hydroxylation is 2. The molecule has 1 aliphatic carbocycles. The predicted octanol–water partition coefficient (Wildman–Crippen LogP) is 7.59. The fourth-order valence-electron chi connectivity index (χ4n) is 5.06. The third-order valence-corrected chi connectivity index (χ3v) is 7.25. The summed E-state index contributed by atoms with van der Waals surface area (Å²) in [4.78, 5) is 5.19. The zero-order chi connectivity index (χ0) is 22.8. The Hall–Kier alpha value is -2.75. The lowest BCUT2D eigenvalue weighted by molar-refractivity contribution is 0.315. The van der Waals surface area contributed by atoms with E-state index in [4.69, 9.17) is 4.98 Å². The molecule has 1 fully saturated rings. The van der Waals surface area contributed by atoms with Crippen LogP contribution in [0.5, 0.6) is 0 Å². The van der Waals surface area contributed by atoms with Gasteiger partial charge in [0.25, 0.3) is 0 Å². The Morgan fingerprint density at radius 1 is 1.16 bits per heavy atom. The average Bonchev–Trinajstić information content (AvgIpc) is 3.22. The fraction of sp³-hybridized carbons (Fsp3) is 0.429. The first-order chi connectivity index (χ1) is 15.4. The molecule has 168 valence electrons. The Morgan fingerprint density at radius 3 is 2.56 bits per heavy atom. The number of hydrogen-bond acceptors (Lipinski definition) is 2. The van der Waals surface area contributed by atoms with Gasteiger partial charge in [-0.3, -0.25) is 0 Å². The number of halogens is 1. The van der Waals surface area contributed by atoms with Gasteiger partial charge in [0.05, 0.1) is 11.9 Å². The Morgan fingerprint density at radius 2 is 1.91 bits per heavy atom. The molecule has 2 aromatic heterocycles. The Bertz CT molecular complexity index is 1160. The van der Waals surface area contributed by atoms with Crippen molar-refractivity contribution >= 4 is 17.3 Å². The van der Waals surface area contributed by atoms with Gasteiger partial charge in [0.1, 0.15) is 5.82 Å². The molecule has 0 spiro atoms. The Kier molecular flexibility index (Phi) is 6.59. The van der Waals surface area contributed by atoms with Gasteiger partial charge in [0.2, 0.25) is 0 Å². The predicted molar refractivity (Wildman–Crippen MR) is 131 cm³/mol. The van der Waals surface area contributed by atoms with E-state index in [1.807, 2.05) is 48.9 Å². The molecule has 0 amide bonds. The van der Waals surface area contributed by atoms with Crippen LogP contribution in [0.2, 0.25) is 0 Å². The molecule has 1 aromatic carbocycles. The number of nitrogens with zero attached hydrogens (tertiary/aromatic N) is 3. The second-order valence-electron chi connectivity index (χ2n) is 9.20. The highest BCUT2D eigenvalue weighted by molar-refractivity contribution is 5.92. The molecule has 4 heteroatoms. The molecule has 32 heavy (non-hydrogen) atoms. The fourth-order valence-corrected chi connectivity index (χ4v) is 5.06. The molecule has 0 saturated heterocycles. The lowest BCUT2D eigenvalue weighted by Crippen LogP contribution is -2.16. The normalized spacial score (nSPS) is 19.9. The van der Waals surface area contributed by atoms with Crippen LogP contribution in [0.1, 0.15) is 85.5 Å². The van der Waals surface area contributed by atoms with Gasteiger partial charge in [-0.1, -0.05) is 37.6 Å². The summed E-state index contributed by atoms with van der Waals surface area (Å²) in [5, 5.41) is 4.67. The van der Waals surface area contributed by atoms with Crippen molar-refractivity contribution in [2.45, 2.75) is 72.6 Å². The third kappa shape index (κ3) is 4.15. The van der Waals surface area contributed by atoms with Gasteiger partial charge in [0.15, 0.2) is 5.65 Å². The van der Waals surface area contributed by atoms with E-state index < -0.39 is 0 Å². The zero-order valence-corrected chi connectivity index (χ0v) is 20.0. The van der Waals surface area contributed by atoms with Crippen LogP contribution in [0.15, 0.2) is 36.5 Å². The van der Waals surface area contributed by atoms with Crippen LogP contribution >= 0.6 is 0 Å². The lowest BCUT2D eigenvalue weighted by atomic mass is 9.78. The quantitative estimate of drug-likeness (QED) is 0.389. The third-order valence-electron chi connectivity index (χ3n) is 7.25. The highest BCUT2D eigenvalue weighted by atomic mass is 19.1. The summed E-state index contributed by atoms with van der Waals surface area (Å²) in [6.45, 7) is 10.5. The van der Waals surface area contributed by atoms with E-state index in [1.165, 1.54) is 49.4 Å². The van der Waals surface area contributed by atoms with Gasteiger partial charge in [-0.15, -0.1) is 0 Å². The van der Waals surface area contributed by atoms with Crippen molar-refractivity contribution in [1.82, 2.24) is 14.6 Å². The molecule has 0 radical (unpaired) electrons. The van der Waals surface area contributed by atoms with Crippen LogP contribution in [-0.4, -0.2) is 14.6 Å². The summed E-state index contributed by atoms with van der Waals surface area (Å²) in [5.74, 6) is 1.15. The number of allylic oxidation sites excluding steroid dienone is 3. The molecule has 4 rings (SSSR count). The Labute approximate surface area is 191 Å². The van der Waals surface area contributed by atoms with E-state index in [9.17, 15) is 4.39 Å². The largest absolute Gasteiger partial charge is 0.232 e. The molecule has 0 aliphatic heterocycles. The summed E-state index contributed by atoms with van der Waals surface area (Å²) in [5.41, 5.74) is 7.85. The highest BCUT2D eigenvalue weighted by Crippen LogP contribution is 2.38. The maximum atomic E-state index is 14.6. The number of rotatable bonds is 5. The van der Waals surface area contributed by atoms with Crippen LogP contribution in [0.4, 0.5) is 4.39 Å². The SMILES string of the molecule is CC=CC(=Cc1c(C)cccc1F)c1cnn2c(C)c(C)c(C3CCC(CC)CC3)nc12. The van der Waals surface area contributed by atoms with Gasteiger partial charge in [-0.05, 0) is 88.1 Å². The average molecular weight is 432 g/mol. The van der Waals surface area contributed by atoms with Crippen molar-refractivity contribution in [1.29, 1.82) is 0 Å². The van der Waals surface area contributed by atoms with Crippen LogP contribution in [0.3, 0.4) is 0 Å². The molecule has 0 N–H and O–H groups in total. The van der Waals surface area contributed by atoms with Gasteiger partial charge < -0.3 is 0 Å². The summed E-state index contributed by atoms with van der Waals surface area (Å²) in [7, 11) is 0. The first-order valence-electron chi connectivity index (χ1n) is 11.9. The van der Waals surface area contributed by atoms with E-state index in [0.717, 1.165) is 34.0 Å². The minimum Gasteiger partial charge on any atom is -0.232 e. The zero-order valence-electron chi connectivity index (χ0n) is 20.0. The Balaban J connectivity index is 1.84. The monoisotopic (exact) mass is 431 g/mol. The van der Waals surface area contributed by atoms with Crippen molar-refractivity contribution in [3.63, 3.8) is 0 Å². The van der Waals surface area contributed by atoms with Gasteiger partial charge in [-0.25, -0.2) is 13.9 Å². The number of fused-ring (bicyclic) bond motifs is 1. The standard InChI is InChI=1S/C28H34FN3/c1-6-9-23(16-24-18(3)10-8-11-26(24)29)25-17-30-32-20(5)19(4)27(31-28(25)32)22-14-12-21(7-2)13-15-22/h6,8-11,16-17,21-22H,7,12-15H2,1-5H3. The molecule has 0 atom stereocenters. The van der Waals surface area contributed by atoms with Gasteiger partial charge >= 0.3 is 0 Å². The van der Waals surface area contributed by atoms with Gasteiger partial charge in [0, 0.05) is 22.7 Å². The van der Waals surface area contributed by atoms with E-state index >= 15 is 0 Å².